The van der Waals surface area contributed by atoms with Crippen molar-refractivity contribution in [3.05, 3.63) is 28.8 Å². The maximum Gasteiger partial charge on any atom is 0.344 e. The molecule has 4 nitrogen and oxygen atoms in total. The molecule has 5 heteroatoms. The van der Waals surface area contributed by atoms with Crippen molar-refractivity contribution in [1.29, 1.82) is 0 Å². The summed E-state index contributed by atoms with van der Waals surface area (Å²) in [5.74, 6) is -0.0172. The summed E-state index contributed by atoms with van der Waals surface area (Å²) in [6, 6.07) is 4.82. The molecule has 0 aliphatic carbocycles. The van der Waals surface area contributed by atoms with Gasteiger partial charge in [-0.15, -0.1) is 0 Å². The Kier molecular flexibility index (Phi) is 5.25. The molecule has 0 fully saturated rings. The van der Waals surface area contributed by atoms with E-state index in [1.807, 2.05) is 0 Å². The summed E-state index contributed by atoms with van der Waals surface area (Å²) in [5, 5.41) is 9.60. The SMILES string of the molecule is CC(C)OC(=O)COc1ccc(Cl)cc1CO. The Labute approximate surface area is 105 Å². The average Bonchev–Trinajstić information content (AvgIpc) is 2.26. The van der Waals surface area contributed by atoms with E-state index < -0.39 is 5.97 Å². The quantitative estimate of drug-likeness (QED) is 0.823. The highest BCUT2D eigenvalue weighted by atomic mass is 35.5. The van der Waals surface area contributed by atoms with Crippen molar-refractivity contribution >= 4 is 17.6 Å². The lowest BCUT2D eigenvalue weighted by Gasteiger charge is -2.11. The van der Waals surface area contributed by atoms with Gasteiger partial charge in [-0.2, -0.15) is 0 Å². The predicted molar refractivity (Wildman–Crippen MR) is 64.1 cm³/mol. The van der Waals surface area contributed by atoms with Crippen LogP contribution in [0.25, 0.3) is 0 Å². The lowest BCUT2D eigenvalue weighted by atomic mass is 10.2. The first-order valence-electron chi connectivity index (χ1n) is 5.24. The third-order valence-electron chi connectivity index (χ3n) is 1.91. The number of hydrogen-bond acceptors (Lipinski definition) is 4. The van der Waals surface area contributed by atoms with Crippen molar-refractivity contribution in [2.24, 2.45) is 0 Å². The smallest absolute Gasteiger partial charge is 0.344 e. The molecule has 0 aliphatic heterocycles. The van der Waals surface area contributed by atoms with Crippen LogP contribution >= 0.6 is 11.6 Å². The third-order valence-corrected chi connectivity index (χ3v) is 2.14. The predicted octanol–water partition coefficient (Wildman–Crippen LogP) is 2.16. The molecule has 1 rings (SSSR count). The van der Waals surface area contributed by atoms with Gasteiger partial charge in [0.1, 0.15) is 5.75 Å². The molecule has 0 heterocycles. The number of carbonyl (C=O) groups is 1. The van der Waals surface area contributed by atoms with Gasteiger partial charge in [-0.25, -0.2) is 4.79 Å². The van der Waals surface area contributed by atoms with Gasteiger partial charge in [-0.3, -0.25) is 0 Å². The van der Waals surface area contributed by atoms with Crippen molar-refractivity contribution in [3.63, 3.8) is 0 Å². The van der Waals surface area contributed by atoms with E-state index in [9.17, 15) is 4.79 Å². The minimum atomic E-state index is -0.446. The van der Waals surface area contributed by atoms with Crippen LogP contribution in [0.15, 0.2) is 18.2 Å². The van der Waals surface area contributed by atoms with Crippen LogP contribution in [0.3, 0.4) is 0 Å². The van der Waals surface area contributed by atoms with Crippen LogP contribution in [0.4, 0.5) is 0 Å². The van der Waals surface area contributed by atoms with E-state index in [-0.39, 0.29) is 19.3 Å². The lowest BCUT2D eigenvalue weighted by Crippen LogP contribution is -2.19. The van der Waals surface area contributed by atoms with Crippen LogP contribution in [-0.4, -0.2) is 23.8 Å². The Morgan fingerprint density at radius 3 is 2.76 bits per heavy atom. The third kappa shape index (κ3) is 4.63. The van der Waals surface area contributed by atoms with Gasteiger partial charge in [0, 0.05) is 10.6 Å². The number of hydrogen-bond donors (Lipinski definition) is 1. The summed E-state index contributed by atoms with van der Waals surface area (Å²) in [6.45, 7) is 3.14. The first kappa shape index (κ1) is 13.8. The molecule has 17 heavy (non-hydrogen) atoms. The zero-order chi connectivity index (χ0) is 12.8. The number of benzene rings is 1. The monoisotopic (exact) mass is 258 g/mol. The van der Waals surface area contributed by atoms with Crippen molar-refractivity contribution in [2.75, 3.05) is 6.61 Å². The summed E-state index contributed by atoms with van der Waals surface area (Å²) in [4.78, 5) is 11.3. The fourth-order valence-electron chi connectivity index (χ4n) is 1.25. The highest BCUT2D eigenvalue weighted by Gasteiger charge is 2.09. The molecule has 0 aromatic heterocycles. The van der Waals surface area contributed by atoms with Crippen LogP contribution in [0.2, 0.25) is 5.02 Å². The Bertz CT molecular complexity index is 390. The Morgan fingerprint density at radius 2 is 2.18 bits per heavy atom. The fourth-order valence-corrected chi connectivity index (χ4v) is 1.44. The topological polar surface area (TPSA) is 55.8 Å². The summed E-state index contributed by atoms with van der Waals surface area (Å²) in [7, 11) is 0. The van der Waals surface area contributed by atoms with Gasteiger partial charge in [-0.1, -0.05) is 11.6 Å². The normalized spacial score (nSPS) is 10.4. The first-order chi connectivity index (χ1) is 8.02. The van der Waals surface area contributed by atoms with Gasteiger partial charge in [0.15, 0.2) is 6.61 Å². The molecule has 0 saturated heterocycles. The van der Waals surface area contributed by atoms with Crippen molar-refractivity contribution in [3.8, 4) is 5.75 Å². The zero-order valence-corrected chi connectivity index (χ0v) is 10.5. The van der Waals surface area contributed by atoms with Crippen LogP contribution < -0.4 is 4.74 Å². The molecule has 0 atom stereocenters. The number of esters is 1. The Morgan fingerprint density at radius 1 is 1.47 bits per heavy atom. The first-order valence-corrected chi connectivity index (χ1v) is 5.62. The summed E-state index contributed by atoms with van der Waals surface area (Å²) >= 11 is 5.77. The maximum absolute atomic E-state index is 11.3. The van der Waals surface area contributed by atoms with Crippen molar-refractivity contribution < 1.29 is 19.4 Å². The highest BCUT2D eigenvalue weighted by Crippen LogP contribution is 2.22. The van der Waals surface area contributed by atoms with E-state index in [2.05, 4.69) is 0 Å². The van der Waals surface area contributed by atoms with Gasteiger partial charge < -0.3 is 14.6 Å². The molecule has 0 spiro atoms. The minimum Gasteiger partial charge on any atom is -0.482 e. The van der Waals surface area contributed by atoms with Gasteiger partial charge in [0.25, 0.3) is 0 Å². The molecule has 0 saturated carbocycles. The van der Waals surface area contributed by atoms with Crippen LogP contribution in [0.1, 0.15) is 19.4 Å². The molecule has 94 valence electrons. The summed E-state index contributed by atoms with van der Waals surface area (Å²) in [6.07, 6.45) is -0.173. The Balaban J connectivity index is 2.60. The van der Waals surface area contributed by atoms with E-state index in [4.69, 9.17) is 26.2 Å². The number of ether oxygens (including phenoxy) is 2. The second kappa shape index (κ2) is 6.47. The number of carbonyl (C=O) groups excluding carboxylic acids is 1. The molecule has 1 aromatic carbocycles. The van der Waals surface area contributed by atoms with Crippen LogP contribution in [0, 0.1) is 0 Å². The van der Waals surface area contributed by atoms with Gasteiger partial charge >= 0.3 is 5.97 Å². The Hall–Kier alpha value is -1.26. The van der Waals surface area contributed by atoms with Gasteiger partial charge in [0.05, 0.1) is 12.7 Å². The van der Waals surface area contributed by atoms with E-state index in [0.717, 1.165) is 0 Å². The number of halogens is 1. The van der Waals surface area contributed by atoms with E-state index in [0.29, 0.717) is 16.3 Å². The van der Waals surface area contributed by atoms with E-state index in [1.165, 1.54) is 0 Å². The van der Waals surface area contributed by atoms with Crippen molar-refractivity contribution in [2.45, 2.75) is 26.6 Å². The maximum atomic E-state index is 11.3. The second-order valence-electron chi connectivity index (χ2n) is 3.74. The number of rotatable bonds is 5. The molecule has 0 amide bonds. The number of aliphatic hydroxyl groups is 1. The second-order valence-corrected chi connectivity index (χ2v) is 4.17. The number of aliphatic hydroxyl groups excluding tert-OH is 1. The average molecular weight is 259 g/mol. The van der Waals surface area contributed by atoms with Crippen molar-refractivity contribution in [1.82, 2.24) is 0 Å². The molecular weight excluding hydrogens is 244 g/mol. The molecule has 1 N–H and O–H groups in total. The largest absolute Gasteiger partial charge is 0.482 e. The fraction of sp³-hybridized carbons (Fsp3) is 0.417. The summed E-state index contributed by atoms with van der Waals surface area (Å²) in [5.41, 5.74) is 0.537. The van der Waals surface area contributed by atoms with Crippen LogP contribution in [-0.2, 0) is 16.1 Å². The lowest BCUT2D eigenvalue weighted by molar-refractivity contribution is -0.149. The summed E-state index contributed by atoms with van der Waals surface area (Å²) < 4.78 is 10.2. The van der Waals surface area contributed by atoms with E-state index >= 15 is 0 Å². The van der Waals surface area contributed by atoms with E-state index in [1.54, 1.807) is 32.0 Å². The minimum absolute atomic E-state index is 0.173. The molecule has 0 bridgehead atoms. The molecule has 0 unspecified atom stereocenters. The van der Waals surface area contributed by atoms with Gasteiger partial charge in [-0.05, 0) is 32.0 Å². The highest BCUT2D eigenvalue weighted by molar-refractivity contribution is 6.30. The van der Waals surface area contributed by atoms with Crippen LogP contribution in [0.5, 0.6) is 5.75 Å². The van der Waals surface area contributed by atoms with Gasteiger partial charge in [0.2, 0.25) is 0 Å². The molecule has 0 aliphatic rings. The molecular formula is C12H15ClO4. The molecule has 1 aromatic rings. The standard InChI is InChI=1S/C12H15ClO4/c1-8(2)17-12(15)7-16-11-4-3-10(13)5-9(11)6-14/h3-5,8,14H,6-7H2,1-2H3. The molecule has 0 radical (unpaired) electrons. The zero-order valence-electron chi connectivity index (χ0n) is 9.77.